The predicted molar refractivity (Wildman–Crippen MR) is 80.2 cm³/mol. The van der Waals surface area contributed by atoms with Crippen molar-refractivity contribution in [2.24, 2.45) is 5.73 Å². The molecule has 0 aliphatic carbocycles. The summed E-state index contributed by atoms with van der Waals surface area (Å²) in [5, 5.41) is 0. The fraction of sp³-hybridized carbons (Fsp3) is 0.462. The molecule has 0 spiro atoms. The van der Waals surface area contributed by atoms with Crippen molar-refractivity contribution < 1.29 is 13.2 Å². The molecule has 0 atom stereocenters. The third-order valence-corrected chi connectivity index (χ3v) is 5.22. The molecule has 1 fully saturated rings. The Labute approximate surface area is 124 Å². The summed E-state index contributed by atoms with van der Waals surface area (Å²) < 4.78 is 27.4. The van der Waals surface area contributed by atoms with Crippen molar-refractivity contribution in [3.05, 3.63) is 23.8 Å². The number of amides is 1. The summed E-state index contributed by atoms with van der Waals surface area (Å²) in [4.78, 5) is 13.2. The Hall–Kier alpha value is -1.64. The van der Waals surface area contributed by atoms with Gasteiger partial charge in [0.25, 0.3) is 0 Å². The van der Waals surface area contributed by atoms with Gasteiger partial charge in [-0.2, -0.15) is 0 Å². The van der Waals surface area contributed by atoms with E-state index in [1.54, 1.807) is 0 Å². The van der Waals surface area contributed by atoms with Crippen molar-refractivity contribution in [1.82, 2.24) is 9.62 Å². The molecule has 0 saturated carbocycles. The fourth-order valence-corrected chi connectivity index (χ4v) is 3.77. The molecule has 1 heterocycles. The maximum Gasteiger partial charge on any atom is 0.248 e. The van der Waals surface area contributed by atoms with Gasteiger partial charge >= 0.3 is 0 Å². The number of likely N-dealkylation sites (tertiary alicyclic amines) is 1. The number of primary amides is 1. The van der Waals surface area contributed by atoms with Crippen LogP contribution in [0.1, 0.15) is 23.2 Å². The number of piperidine rings is 1. The van der Waals surface area contributed by atoms with Gasteiger partial charge < -0.3 is 16.4 Å². The van der Waals surface area contributed by atoms with Crippen LogP contribution >= 0.6 is 0 Å². The first kappa shape index (κ1) is 15.7. The highest BCUT2D eigenvalue weighted by atomic mass is 32.2. The normalized spacial score (nSPS) is 17.8. The minimum Gasteiger partial charge on any atom is -0.398 e. The van der Waals surface area contributed by atoms with Crippen molar-refractivity contribution in [3.63, 3.8) is 0 Å². The van der Waals surface area contributed by atoms with Crippen LogP contribution in [0.4, 0.5) is 5.69 Å². The maximum absolute atomic E-state index is 12.4. The highest BCUT2D eigenvalue weighted by molar-refractivity contribution is 7.89. The molecule has 0 unspecified atom stereocenters. The average Bonchev–Trinajstić information content (AvgIpc) is 2.40. The van der Waals surface area contributed by atoms with Crippen LogP contribution in [0.2, 0.25) is 0 Å². The van der Waals surface area contributed by atoms with Crippen LogP contribution in [-0.2, 0) is 10.0 Å². The van der Waals surface area contributed by atoms with Gasteiger partial charge in [0.15, 0.2) is 0 Å². The number of nitrogens with zero attached hydrogens (tertiary/aromatic N) is 1. The zero-order valence-corrected chi connectivity index (χ0v) is 12.7. The Morgan fingerprint density at radius 2 is 1.95 bits per heavy atom. The Morgan fingerprint density at radius 3 is 2.48 bits per heavy atom. The first-order valence-corrected chi connectivity index (χ1v) is 8.18. The van der Waals surface area contributed by atoms with Crippen LogP contribution in [0, 0.1) is 0 Å². The van der Waals surface area contributed by atoms with Crippen molar-refractivity contribution >= 4 is 21.6 Å². The number of hydrogen-bond donors (Lipinski definition) is 3. The van der Waals surface area contributed by atoms with E-state index in [1.807, 2.05) is 7.05 Å². The number of nitrogens with one attached hydrogen (secondary N) is 1. The molecule has 21 heavy (non-hydrogen) atoms. The summed E-state index contributed by atoms with van der Waals surface area (Å²) >= 11 is 0. The van der Waals surface area contributed by atoms with Gasteiger partial charge in [-0.25, -0.2) is 13.1 Å². The van der Waals surface area contributed by atoms with E-state index in [4.69, 9.17) is 11.5 Å². The standard InChI is InChI=1S/C13H20N4O3S/c1-17-6-4-10(5-7-17)16-21(19,20)12-3-2-9(13(15)18)8-11(12)14/h2-3,8,10,16H,4-7,14H2,1H3,(H2,15,18). The number of nitrogens with two attached hydrogens (primary N) is 2. The lowest BCUT2D eigenvalue weighted by Gasteiger charge is -2.29. The lowest BCUT2D eigenvalue weighted by atomic mass is 10.1. The fourth-order valence-electron chi connectivity index (χ4n) is 2.36. The van der Waals surface area contributed by atoms with E-state index in [9.17, 15) is 13.2 Å². The monoisotopic (exact) mass is 312 g/mol. The summed E-state index contributed by atoms with van der Waals surface area (Å²) in [5.41, 5.74) is 11.1. The third kappa shape index (κ3) is 3.72. The number of nitrogen functional groups attached to an aromatic ring is 1. The number of hydrogen-bond acceptors (Lipinski definition) is 5. The second-order valence-corrected chi connectivity index (χ2v) is 7.00. The molecule has 7 nitrogen and oxygen atoms in total. The van der Waals surface area contributed by atoms with Crippen LogP contribution in [0.3, 0.4) is 0 Å². The molecule has 116 valence electrons. The van der Waals surface area contributed by atoms with Gasteiger partial charge in [0.2, 0.25) is 15.9 Å². The molecule has 0 bridgehead atoms. The molecule has 5 N–H and O–H groups in total. The molecule has 0 aromatic heterocycles. The number of benzene rings is 1. The Balaban J connectivity index is 2.18. The first-order chi connectivity index (χ1) is 9.79. The highest BCUT2D eigenvalue weighted by Gasteiger charge is 2.25. The van der Waals surface area contributed by atoms with Gasteiger partial charge in [0.1, 0.15) is 4.90 Å². The minimum atomic E-state index is -3.70. The SMILES string of the molecule is CN1CCC(NS(=O)(=O)c2ccc(C(N)=O)cc2N)CC1. The third-order valence-electron chi connectivity index (χ3n) is 3.62. The number of rotatable bonds is 4. The molecule has 1 aliphatic rings. The van der Waals surface area contributed by atoms with Crippen molar-refractivity contribution in [1.29, 1.82) is 0 Å². The first-order valence-electron chi connectivity index (χ1n) is 6.70. The van der Waals surface area contributed by atoms with Gasteiger partial charge in [-0.3, -0.25) is 4.79 Å². The summed E-state index contributed by atoms with van der Waals surface area (Å²) in [6.07, 6.45) is 1.52. The average molecular weight is 312 g/mol. The largest absolute Gasteiger partial charge is 0.398 e. The van der Waals surface area contributed by atoms with E-state index in [0.29, 0.717) is 0 Å². The molecule has 0 radical (unpaired) electrons. The van der Waals surface area contributed by atoms with E-state index in [2.05, 4.69) is 9.62 Å². The number of sulfonamides is 1. The zero-order chi connectivity index (χ0) is 15.6. The molecule has 8 heteroatoms. The summed E-state index contributed by atoms with van der Waals surface area (Å²) in [6.45, 7) is 1.70. The van der Waals surface area contributed by atoms with Gasteiger partial charge in [0, 0.05) is 11.6 Å². The van der Waals surface area contributed by atoms with Gasteiger partial charge in [-0.05, 0) is 51.2 Å². The number of carbonyl (C=O) groups excluding carboxylic acids is 1. The molecule has 1 aromatic carbocycles. The topological polar surface area (TPSA) is 119 Å². The Bertz CT molecular complexity index is 637. The van der Waals surface area contributed by atoms with Gasteiger partial charge in [-0.15, -0.1) is 0 Å². The second kappa shape index (κ2) is 6.00. The second-order valence-electron chi connectivity index (χ2n) is 5.32. The van der Waals surface area contributed by atoms with Crippen molar-refractivity contribution in [2.45, 2.75) is 23.8 Å². The van der Waals surface area contributed by atoms with Gasteiger partial charge in [-0.1, -0.05) is 0 Å². The van der Waals surface area contributed by atoms with Crippen LogP contribution in [0.25, 0.3) is 0 Å². The Morgan fingerprint density at radius 1 is 1.33 bits per heavy atom. The molecule has 2 rings (SSSR count). The van der Waals surface area contributed by atoms with Crippen LogP contribution in [-0.4, -0.2) is 45.4 Å². The van der Waals surface area contributed by atoms with Gasteiger partial charge in [0.05, 0.1) is 5.69 Å². The van der Waals surface area contributed by atoms with Crippen molar-refractivity contribution in [3.8, 4) is 0 Å². The molecular weight excluding hydrogens is 292 g/mol. The Kier molecular flexibility index (Phi) is 4.50. The van der Waals surface area contributed by atoms with Crippen LogP contribution in [0.5, 0.6) is 0 Å². The zero-order valence-electron chi connectivity index (χ0n) is 11.9. The number of anilines is 1. The summed E-state index contributed by atoms with van der Waals surface area (Å²) in [7, 11) is -1.69. The van der Waals surface area contributed by atoms with E-state index >= 15 is 0 Å². The van der Waals surface area contributed by atoms with Crippen molar-refractivity contribution in [2.75, 3.05) is 25.9 Å². The van der Waals surface area contributed by atoms with E-state index in [-0.39, 0.29) is 22.2 Å². The lowest BCUT2D eigenvalue weighted by molar-refractivity contribution is 0.1000. The quantitative estimate of drug-likeness (QED) is 0.662. The van der Waals surface area contributed by atoms with E-state index in [1.165, 1.54) is 18.2 Å². The molecule has 1 aliphatic heterocycles. The van der Waals surface area contributed by atoms with E-state index in [0.717, 1.165) is 25.9 Å². The highest BCUT2D eigenvalue weighted by Crippen LogP contribution is 2.21. The summed E-state index contributed by atoms with van der Waals surface area (Å²) in [6, 6.07) is 3.86. The molecule has 1 saturated heterocycles. The van der Waals surface area contributed by atoms with Crippen LogP contribution in [0.15, 0.2) is 23.1 Å². The minimum absolute atomic E-state index is 0.0201. The maximum atomic E-state index is 12.4. The van der Waals surface area contributed by atoms with E-state index < -0.39 is 15.9 Å². The number of carbonyl (C=O) groups is 1. The summed E-state index contributed by atoms with van der Waals surface area (Å²) in [5.74, 6) is -0.645. The molecular formula is C13H20N4O3S. The predicted octanol–water partition coefficient (Wildman–Crippen LogP) is -0.260. The van der Waals surface area contributed by atoms with Crippen LogP contribution < -0.4 is 16.2 Å². The lowest BCUT2D eigenvalue weighted by Crippen LogP contribution is -2.43. The molecule has 1 aromatic rings. The smallest absolute Gasteiger partial charge is 0.248 e. The molecule has 1 amide bonds.